The number of nitrogens with zero attached hydrogens (tertiary/aromatic N) is 3. The number of pyridine rings is 1. The Labute approximate surface area is 188 Å². The average molecular weight is 459 g/mol. The Bertz CT molecular complexity index is 1220. The van der Waals surface area contributed by atoms with Gasteiger partial charge in [-0.2, -0.15) is 0 Å². The zero-order valence-corrected chi connectivity index (χ0v) is 18.4. The highest BCUT2D eigenvalue weighted by molar-refractivity contribution is 6.10. The summed E-state index contributed by atoms with van der Waals surface area (Å²) in [4.78, 5) is 28.4. The van der Waals surface area contributed by atoms with E-state index in [-0.39, 0.29) is 24.0 Å². The predicted molar refractivity (Wildman–Crippen MR) is 115 cm³/mol. The fraction of sp³-hybridized carbons (Fsp3) is 0.348. The van der Waals surface area contributed by atoms with Crippen LogP contribution in [0.4, 0.5) is 14.6 Å². The zero-order chi connectivity index (χ0) is 23.8. The molecule has 0 atom stereocenters. The van der Waals surface area contributed by atoms with E-state index in [4.69, 9.17) is 9.78 Å². The Morgan fingerprint density at radius 2 is 1.94 bits per heavy atom. The van der Waals surface area contributed by atoms with Gasteiger partial charge in [0.15, 0.2) is 17.3 Å². The number of aromatic nitrogens is 2. The van der Waals surface area contributed by atoms with Gasteiger partial charge in [-0.25, -0.2) is 4.98 Å². The van der Waals surface area contributed by atoms with Gasteiger partial charge in [-0.15, -0.1) is 8.78 Å². The number of carbonyl (C=O) groups excluding carboxylic acids is 2. The molecule has 174 valence electrons. The molecule has 2 aliphatic rings. The molecule has 0 unspecified atom stereocenters. The Hall–Kier alpha value is -3.69. The molecule has 2 aromatic heterocycles. The van der Waals surface area contributed by atoms with Crippen LogP contribution in [-0.2, 0) is 22.5 Å². The van der Waals surface area contributed by atoms with Crippen molar-refractivity contribution in [1.82, 2.24) is 9.38 Å². The van der Waals surface area contributed by atoms with Gasteiger partial charge in [-0.05, 0) is 55.2 Å². The van der Waals surface area contributed by atoms with Crippen LogP contribution in [0.3, 0.4) is 0 Å². The van der Waals surface area contributed by atoms with Gasteiger partial charge in [0, 0.05) is 11.8 Å². The number of anilines is 1. The van der Waals surface area contributed by atoms with E-state index in [2.05, 4.69) is 21.1 Å². The number of amides is 1. The largest absolute Gasteiger partial charge is 0.586 e. The highest BCUT2D eigenvalue weighted by Gasteiger charge is 2.45. The maximum atomic E-state index is 13.3. The van der Waals surface area contributed by atoms with E-state index in [1.54, 1.807) is 4.90 Å². The van der Waals surface area contributed by atoms with Crippen molar-refractivity contribution in [3.8, 4) is 11.5 Å². The Morgan fingerprint density at radius 3 is 2.61 bits per heavy atom. The summed E-state index contributed by atoms with van der Waals surface area (Å²) in [6.45, 7) is 4.73. The second-order valence-corrected chi connectivity index (χ2v) is 7.76. The SMILES string of the molecule is CCCCc1c(N2Cc3cc4c(cc3C2=O)OC(F)(F)O4)nc2cc(C)ccn12.COC=O. The van der Waals surface area contributed by atoms with Crippen LogP contribution in [-0.4, -0.2) is 35.2 Å². The highest BCUT2D eigenvalue weighted by atomic mass is 19.3. The van der Waals surface area contributed by atoms with Crippen molar-refractivity contribution in [3.05, 3.63) is 52.8 Å². The summed E-state index contributed by atoms with van der Waals surface area (Å²) in [6, 6.07) is 6.77. The van der Waals surface area contributed by atoms with Crippen LogP contribution in [0.2, 0.25) is 0 Å². The first-order valence-electron chi connectivity index (χ1n) is 10.5. The standard InChI is InChI=1S/C21H19F2N3O3.C2H4O2/c1-3-4-5-15-19(24-18-8-12(2)6-7-25(15)18)26-11-13-9-16-17(10-14(13)20(26)27)29-21(22,23)28-16;1-4-2-3/h6-10H,3-5,11H2,1-2H3;2H,1H3. The lowest BCUT2D eigenvalue weighted by Gasteiger charge is -2.15. The summed E-state index contributed by atoms with van der Waals surface area (Å²) in [5, 5.41) is 0. The minimum absolute atomic E-state index is 0.0553. The molecule has 0 N–H and O–H groups in total. The van der Waals surface area contributed by atoms with Gasteiger partial charge in [0.2, 0.25) is 0 Å². The third-order valence-corrected chi connectivity index (χ3v) is 5.41. The number of alkyl halides is 2. The first-order chi connectivity index (χ1) is 15.8. The minimum atomic E-state index is -3.70. The summed E-state index contributed by atoms with van der Waals surface area (Å²) in [6.07, 6.45) is 1.03. The number of unbranched alkanes of at least 4 members (excludes halogenated alkanes) is 1. The molecule has 0 radical (unpaired) electrons. The van der Waals surface area contributed by atoms with Gasteiger partial charge in [-0.1, -0.05) is 13.3 Å². The van der Waals surface area contributed by atoms with Crippen LogP contribution in [0.5, 0.6) is 11.5 Å². The number of hydrogen-bond donors (Lipinski definition) is 0. The summed E-state index contributed by atoms with van der Waals surface area (Å²) < 4.78 is 41.6. The van der Waals surface area contributed by atoms with Crippen LogP contribution in [0.15, 0.2) is 30.5 Å². The van der Waals surface area contributed by atoms with Crippen molar-refractivity contribution in [2.24, 2.45) is 0 Å². The van der Waals surface area contributed by atoms with E-state index >= 15 is 0 Å². The molecule has 0 saturated carbocycles. The van der Waals surface area contributed by atoms with E-state index in [0.717, 1.165) is 36.2 Å². The van der Waals surface area contributed by atoms with E-state index in [1.807, 2.05) is 29.7 Å². The molecule has 0 fully saturated rings. The average Bonchev–Trinajstić information content (AvgIpc) is 3.39. The van der Waals surface area contributed by atoms with Gasteiger partial charge in [0.1, 0.15) is 5.65 Å². The van der Waals surface area contributed by atoms with E-state index in [9.17, 15) is 13.6 Å². The molecule has 0 spiro atoms. The quantitative estimate of drug-likeness (QED) is 0.531. The summed E-state index contributed by atoms with van der Waals surface area (Å²) in [5.41, 5.74) is 3.78. The summed E-state index contributed by atoms with van der Waals surface area (Å²) >= 11 is 0. The van der Waals surface area contributed by atoms with Crippen molar-refractivity contribution in [2.45, 2.75) is 45.9 Å². The number of rotatable bonds is 5. The van der Waals surface area contributed by atoms with Crippen LogP contribution in [0.1, 0.15) is 46.9 Å². The number of hydrogen-bond acceptors (Lipinski definition) is 6. The van der Waals surface area contributed by atoms with Gasteiger partial charge < -0.3 is 18.6 Å². The number of aryl methyl sites for hydroxylation is 2. The first-order valence-corrected chi connectivity index (χ1v) is 10.5. The lowest BCUT2D eigenvalue weighted by molar-refractivity contribution is -0.286. The Kier molecular flexibility index (Phi) is 5.92. The minimum Gasteiger partial charge on any atom is -0.471 e. The van der Waals surface area contributed by atoms with Crippen molar-refractivity contribution in [1.29, 1.82) is 0 Å². The molecular formula is C23H23F2N3O5. The number of imidazole rings is 1. The van der Waals surface area contributed by atoms with Crippen LogP contribution in [0.25, 0.3) is 5.65 Å². The molecule has 0 aliphatic carbocycles. The Balaban J connectivity index is 0.000000601. The number of fused-ring (bicyclic) bond motifs is 3. The normalized spacial score (nSPS) is 15.3. The third-order valence-electron chi connectivity index (χ3n) is 5.41. The molecular weight excluding hydrogens is 436 g/mol. The third kappa shape index (κ3) is 4.20. The molecule has 3 aromatic rings. The van der Waals surface area contributed by atoms with Crippen LogP contribution >= 0.6 is 0 Å². The molecule has 0 bridgehead atoms. The number of benzene rings is 1. The lowest BCUT2D eigenvalue weighted by atomic mass is 10.1. The second-order valence-electron chi connectivity index (χ2n) is 7.76. The molecule has 4 heterocycles. The molecule has 5 rings (SSSR count). The smallest absolute Gasteiger partial charge is 0.471 e. The van der Waals surface area contributed by atoms with Crippen molar-refractivity contribution >= 4 is 23.8 Å². The number of methoxy groups -OCH3 is 1. The molecule has 1 amide bonds. The van der Waals surface area contributed by atoms with Crippen molar-refractivity contribution in [2.75, 3.05) is 12.0 Å². The van der Waals surface area contributed by atoms with E-state index in [0.29, 0.717) is 23.4 Å². The van der Waals surface area contributed by atoms with Gasteiger partial charge in [0.05, 0.1) is 19.3 Å². The maximum absolute atomic E-state index is 13.3. The van der Waals surface area contributed by atoms with Crippen LogP contribution < -0.4 is 14.4 Å². The monoisotopic (exact) mass is 459 g/mol. The highest BCUT2D eigenvalue weighted by Crippen LogP contribution is 2.45. The Morgan fingerprint density at radius 1 is 1.24 bits per heavy atom. The van der Waals surface area contributed by atoms with Crippen LogP contribution in [0, 0.1) is 6.92 Å². The summed E-state index contributed by atoms with van der Waals surface area (Å²) in [5.74, 6) is 0.151. The summed E-state index contributed by atoms with van der Waals surface area (Å²) in [7, 11) is 1.31. The predicted octanol–water partition coefficient (Wildman–Crippen LogP) is 4.26. The lowest BCUT2D eigenvalue weighted by Crippen LogP contribution is -2.26. The molecule has 0 saturated heterocycles. The number of halogens is 2. The van der Waals surface area contributed by atoms with Crippen molar-refractivity contribution < 1.29 is 32.6 Å². The molecule has 2 aliphatic heterocycles. The van der Waals surface area contributed by atoms with Gasteiger partial charge >= 0.3 is 6.29 Å². The van der Waals surface area contributed by atoms with E-state index in [1.165, 1.54) is 19.2 Å². The number of carbonyl (C=O) groups is 2. The zero-order valence-electron chi connectivity index (χ0n) is 18.4. The topological polar surface area (TPSA) is 82.4 Å². The fourth-order valence-electron chi connectivity index (χ4n) is 3.90. The van der Waals surface area contributed by atoms with Crippen molar-refractivity contribution in [3.63, 3.8) is 0 Å². The molecule has 8 nitrogen and oxygen atoms in total. The van der Waals surface area contributed by atoms with Gasteiger partial charge in [0.25, 0.3) is 12.4 Å². The second kappa shape index (κ2) is 8.68. The molecule has 10 heteroatoms. The maximum Gasteiger partial charge on any atom is 0.586 e. The number of ether oxygens (including phenoxy) is 3. The molecule has 1 aromatic carbocycles. The first kappa shape index (κ1) is 22.5. The molecule has 33 heavy (non-hydrogen) atoms. The fourth-order valence-corrected chi connectivity index (χ4v) is 3.90. The van der Waals surface area contributed by atoms with E-state index < -0.39 is 6.29 Å². The van der Waals surface area contributed by atoms with Gasteiger partial charge in [-0.3, -0.25) is 14.5 Å².